The third kappa shape index (κ3) is 11.1. The van der Waals surface area contributed by atoms with Crippen molar-refractivity contribution >= 4 is 48.2 Å². The van der Waals surface area contributed by atoms with Crippen molar-refractivity contribution in [3.63, 3.8) is 0 Å². The second-order valence-electron chi connectivity index (χ2n) is 6.01. The van der Waals surface area contributed by atoms with Gasteiger partial charge in [-0.2, -0.15) is 12.6 Å². The van der Waals surface area contributed by atoms with E-state index in [0.717, 1.165) is 0 Å². The van der Waals surface area contributed by atoms with Crippen molar-refractivity contribution in [2.24, 2.45) is 22.2 Å². The van der Waals surface area contributed by atoms with Gasteiger partial charge in [-0.25, -0.2) is 4.79 Å². The van der Waals surface area contributed by atoms with Crippen LogP contribution < -0.4 is 33.2 Å². The third-order valence-corrected chi connectivity index (χ3v) is 3.96. The highest BCUT2D eigenvalue weighted by atomic mass is 32.1. The zero-order valence-corrected chi connectivity index (χ0v) is 16.9. The summed E-state index contributed by atoms with van der Waals surface area (Å²) in [5, 5.41) is 24.6. The molecule has 0 spiro atoms. The van der Waals surface area contributed by atoms with Crippen LogP contribution in [0, 0.1) is 0 Å². The molecule has 0 aliphatic rings. The minimum absolute atomic E-state index is 0.0597. The fraction of sp³-hybridized carbons (Fsp3) is 0.600. The van der Waals surface area contributed by atoms with Gasteiger partial charge in [-0.3, -0.25) is 24.2 Å². The van der Waals surface area contributed by atoms with Crippen molar-refractivity contribution < 1.29 is 34.2 Å². The van der Waals surface area contributed by atoms with Gasteiger partial charge in [0.15, 0.2) is 5.96 Å². The van der Waals surface area contributed by atoms with Gasteiger partial charge in [0.05, 0.1) is 13.0 Å². The highest BCUT2D eigenvalue weighted by Gasteiger charge is 2.30. The minimum Gasteiger partial charge on any atom is -0.481 e. The maximum Gasteiger partial charge on any atom is 0.327 e. The molecule has 3 amide bonds. The Morgan fingerprint density at radius 2 is 1.50 bits per heavy atom. The molecular weight excluding hydrogens is 422 g/mol. The highest BCUT2D eigenvalue weighted by molar-refractivity contribution is 7.80. The van der Waals surface area contributed by atoms with Gasteiger partial charge in [-0.15, -0.1) is 0 Å². The van der Waals surface area contributed by atoms with Gasteiger partial charge >= 0.3 is 11.9 Å². The van der Waals surface area contributed by atoms with Crippen LogP contribution in [0.1, 0.15) is 19.3 Å². The van der Waals surface area contributed by atoms with Gasteiger partial charge in [0.1, 0.15) is 18.1 Å². The lowest BCUT2D eigenvalue weighted by Gasteiger charge is -2.23. The van der Waals surface area contributed by atoms with Crippen molar-refractivity contribution in [3.05, 3.63) is 0 Å². The first kappa shape index (κ1) is 26.9. The number of hydrogen-bond acceptors (Lipinski definition) is 8. The average Bonchev–Trinajstić information content (AvgIpc) is 2.66. The van der Waals surface area contributed by atoms with Gasteiger partial charge in [0, 0.05) is 12.3 Å². The zero-order chi connectivity index (χ0) is 23.3. The first-order valence-electron chi connectivity index (χ1n) is 8.72. The fourth-order valence-corrected chi connectivity index (χ4v) is 2.39. The van der Waals surface area contributed by atoms with Crippen LogP contribution in [0.3, 0.4) is 0 Å². The maximum absolute atomic E-state index is 12.6. The Hall–Kier alpha value is -3.07. The second-order valence-corrected chi connectivity index (χ2v) is 6.38. The predicted octanol–water partition coefficient (Wildman–Crippen LogP) is -4.06. The Balaban J connectivity index is 5.30. The molecule has 0 saturated carbocycles. The molecule has 170 valence electrons. The number of nitrogens with one attached hydrogen (secondary N) is 3. The molecule has 0 aliphatic carbocycles. The topological polar surface area (TPSA) is 252 Å². The van der Waals surface area contributed by atoms with Crippen LogP contribution in [0.4, 0.5) is 0 Å². The van der Waals surface area contributed by atoms with Gasteiger partial charge in [-0.05, 0) is 12.8 Å². The molecule has 11 N–H and O–H groups in total. The van der Waals surface area contributed by atoms with Crippen LogP contribution in [0.15, 0.2) is 4.99 Å². The summed E-state index contributed by atoms with van der Waals surface area (Å²) in [4.78, 5) is 62.3. The summed E-state index contributed by atoms with van der Waals surface area (Å²) in [5.74, 6) is -5.75. The number of rotatable bonds is 14. The molecule has 0 rings (SSSR count). The van der Waals surface area contributed by atoms with Crippen LogP contribution in [0.2, 0.25) is 0 Å². The van der Waals surface area contributed by atoms with Crippen LogP contribution in [-0.4, -0.2) is 82.8 Å². The Morgan fingerprint density at radius 1 is 0.933 bits per heavy atom. The van der Waals surface area contributed by atoms with Crippen LogP contribution in [0.25, 0.3) is 0 Å². The number of aliphatic imine (C=N–C) groups is 1. The van der Waals surface area contributed by atoms with Crippen molar-refractivity contribution in [1.29, 1.82) is 0 Å². The summed E-state index contributed by atoms with van der Waals surface area (Å²) in [6, 6.07) is -4.13. The lowest BCUT2D eigenvalue weighted by atomic mass is 10.1. The first-order valence-corrected chi connectivity index (χ1v) is 9.36. The van der Waals surface area contributed by atoms with E-state index in [1.807, 2.05) is 0 Å². The summed E-state index contributed by atoms with van der Waals surface area (Å²) in [6.45, 7) is -0.245. The molecule has 14 nitrogen and oxygen atoms in total. The Labute approximate surface area is 177 Å². The molecular formula is C15H27N7O7S. The number of hydrogen-bond donors (Lipinski definition) is 9. The Kier molecular flexibility index (Phi) is 12.6. The number of carbonyl (C=O) groups excluding carboxylic acids is 3. The van der Waals surface area contributed by atoms with E-state index < -0.39 is 60.8 Å². The molecule has 0 fully saturated rings. The molecule has 0 aromatic carbocycles. The van der Waals surface area contributed by atoms with Crippen molar-refractivity contribution in [2.45, 2.75) is 37.4 Å². The molecule has 0 heterocycles. The van der Waals surface area contributed by atoms with Crippen LogP contribution >= 0.6 is 12.6 Å². The number of thiol groups is 1. The molecule has 3 atom stereocenters. The van der Waals surface area contributed by atoms with Gasteiger partial charge in [0.25, 0.3) is 0 Å². The fourth-order valence-electron chi connectivity index (χ4n) is 2.14. The van der Waals surface area contributed by atoms with E-state index in [2.05, 4.69) is 33.6 Å². The Morgan fingerprint density at radius 3 is 1.97 bits per heavy atom. The van der Waals surface area contributed by atoms with Gasteiger partial charge < -0.3 is 43.4 Å². The summed E-state index contributed by atoms with van der Waals surface area (Å²) in [7, 11) is 0. The van der Waals surface area contributed by atoms with Crippen molar-refractivity contribution in [1.82, 2.24) is 16.0 Å². The number of carbonyl (C=O) groups is 5. The SMILES string of the molecule is NCC(=O)NC(CCCN=C(N)N)C(=O)NC(CC(=O)O)C(=O)NC(CS)C(=O)O. The third-order valence-electron chi connectivity index (χ3n) is 3.59. The van der Waals surface area contributed by atoms with Crippen LogP contribution in [0.5, 0.6) is 0 Å². The lowest BCUT2D eigenvalue weighted by molar-refractivity contribution is -0.143. The monoisotopic (exact) mass is 449 g/mol. The summed E-state index contributed by atoms with van der Waals surface area (Å²) >= 11 is 3.79. The Bertz CT molecular complexity index is 670. The van der Waals surface area contributed by atoms with E-state index in [0.29, 0.717) is 0 Å². The van der Waals surface area contributed by atoms with E-state index in [1.165, 1.54) is 0 Å². The number of carboxylic acids is 2. The van der Waals surface area contributed by atoms with E-state index in [1.54, 1.807) is 0 Å². The standard InChI is InChI=1S/C15H27N7O7S/c16-5-10(23)20-7(2-1-3-19-15(17)18)12(26)21-8(4-11(24)25)13(27)22-9(6-30)14(28)29/h7-9,30H,1-6,16H2,(H,20,23)(H,21,26)(H,22,27)(H,24,25)(H,28,29)(H4,17,18,19). The number of nitrogens with zero attached hydrogens (tertiary/aromatic N) is 1. The molecule has 0 aliphatic heterocycles. The molecule has 30 heavy (non-hydrogen) atoms. The molecule has 0 radical (unpaired) electrons. The number of aliphatic carboxylic acids is 2. The maximum atomic E-state index is 12.6. The van der Waals surface area contributed by atoms with Gasteiger partial charge in [0.2, 0.25) is 17.7 Å². The summed E-state index contributed by atoms with van der Waals surface area (Å²) in [5.41, 5.74) is 15.6. The number of amides is 3. The highest BCUT2D eigenvalue weighted by Crippen LogP contribution is 2.02. The predicted molar refractivity (Wildman–Crippen MR) is 108 cm³/mol. The summed E-state index contributed by atoms with van der Waals surface area (Å²) in [6.07, 6.45) is -0.483. The minimum atomic E-state index is -1.59. The first-order chi connectivity index (χ1) is 14.0. The smallest absolute Gasteiger partial charge is 0.327 e. The lowest BCUT2D eigenvalue weighted by Crippen LogP contribution is -2.57. The van der Waals surface area contributed by atoms with E-state index in [9.17, 15) is 24.0 Å². The van der Waals surface area contributed by atoms with Crippen molar-refractivity contribution in [3.8, 4) is 0 Å². The molecule has 0 aromatic heterocycles. The average molecular weight is 449 g/mol. The van der Waals surface area contributed by atoms with E-state index >= 15 is 0 Å². The van der Waals surface area contributed by atoms with Crippen LogP contribution in [-0.2, 0) is 24.0 Å². The van der Waals surface area contributed by atoms with E-state index in [-0.39, 0.29) is 31.1 Å². The molecule has 0 bridgehead atoms. The molecule has 0 saturated heterocycles. The number of guanidine groups is 1. The molecule has 3 unspecified atom stereocenters. The number of nitrogens with two attached hydrogens (primary N) is 3. The van der Waals surface area contributed by atoms with Crippen molar-refractivity contribution in [2.75, 3.05) is 18.8 Å². The quantitative estimate of drug-likeness (QED) is 0.0536. The molecule has 15 heteroatoms. The zero-order valence-electron chi connectivity index (χ0n) is 16.0. The second kappa shape index (κ2) is 14.0. The normalized spacial score (nSPS) is 13.3. The summed E-state index contributed by atoms with van der Waals surface area (Å²) < 4.78 is 0. The largest absolute Gasteiger partial charge is 0.481 e. The number of carboxylic acid groups (broad SMARTS) is 2. The van der Waals surface area contributed by atoms with E-state index in [4.69, 9.17) is 27.4 Å². The van der Waals surface area contributed by atoms with Gasteiger partial charge in [-0.1, -0.05) is 0 Å². The molecule has 0 aromatic rings.